The number of nitrogens with one attached hydrogen (secondary N) is 1. The zero-order chi connectivity index (χ0) is 13.4. The van der Waals surface area contributed by atoms with Crippen LogP contribution in [0.3, 0.4) is 0 Å². The Labute approximate surface area is 125 Å². The van der Waals surface area contributed by atoms with Gasteiger partial charge in [0.05, 0.1) is 10.0 Å². The molecule has 1 aromatic carbocycles. The second-order valence-electron chi connectivity index (χ2n) is 5.69. The smallest absolute Gasteiger partial charge is 0.0595 e. The third kappa shape index (κ3) is 2.78. The van der Waals surface area contributed by atoms with Gasteiger partial charge in [0.15, 0.2) is 0 Å². The summed E-state index contributed by atoms with van der Waals surface area (Å²) in [5.74, 6) is 0.669. The van der Waals surface area contributed by atoms with Crippen LogP contribution in [0.25, 0.3) is 0 Å². The van der Waals surface area contributed by atoms with E-state index in [1.54, 1.807) is 0 Å². The molecular formula is C15H20Cl2N2. The number of hydrogen-bond donors (Lipinski definition) is 1. The summed E-state index contributed by atoms with van der Waals surface area (Å²) in [7, 11) is 2.03. The third-order valence-electron chi connectivity index (χ3n) is 4.33. The van der Waals surface area contributed by atoms with Crippen LogP contribution < -0.4 is 5.32 Å². The van der Waals surface area contributed by atoms with Gasteiger partial charge in [-0.25, -0.2) is 0 Å². The van der Waals surface area contributed by atoms with Gasteiger partial charge in [0.2, 0.25) is 0 Å². The van der Waals surface area contributed by atoms with E-state index in [1.165, 1.54) is 31.4 Å². The van der Waals surface area contributed by atoms with Gasteiger partial charge in [0.1, 0.15) is 0 Å². The maximum atomic E-state index is 6.19. The van der Waals surface area contributed by atoms with Crippen LogP contribution in [0.1, 0.15) is 30.9 Å². The molecule has 1 N–H and O–H groups in total. The van der Waals surface area contributed by atoms with Crippen LogP contribution in [-0.4, -0.2) is 31.1 Å². The topological polar surface area (TPSA) is 15.3 Å². The molecule has 1 aliphatic carbocycles. The van der Waals surface area contributed by atoms with Crippen molar-refractivity contribution in [3.8, 4) is 0 Å². The Bertz CT molecular complexity index is 459. The predicted octanol–water partition coefficient (Wildman–Crippen LogP) is 3.74. The summed E-state index contributed by atoms with van der Waals surface area (Å²) in [5.41, 5.74) is 1.32. The molecule has 104 valence electrons. The highest BCUT2D eigenvalue weighted by Crippen LogP contribution is 2.44. The van der Waals surface area contributed by atoms with Gasteiger partial charge in [-0.15, -0.1) is 0 Å². The molecule has 3 rings (SSSR count). The summed E-state index contributed by atoms with van der Waals surface area (Å²) < 4.78 is 0. The van der Waals surface area contributed by atoms with Gasteiger partial charge in [-0.2, -0.15) is 0 Å². The second kappa shape index (κ2) is 5.61. The quantitative estimate of drug-likeness (QED) is 0.911. The first-order valence-corrected chi connectivity index (χ1v) is 7.81. The fourth-order valence-electron chi connectivity index (χ4n) is 3.33. The van der Waals surface area contributed by atoms with Gasteiger partial charge in [-0.1, -0.05) is 29.3 Å². The first-order chi connectivity index (χ1) is 9.20. The van der Waals surface area contributed by atoms with Gasteiger partial charge >= 0.3 is 0 Å². The van der Waals surface area contributed by atoms with Gasteiger partial charge in [0, 0.05) is 12.1 Å². The standard InChI is InChI=1S/C15H20Cl2N2/c1-18-9-11-6-7-19(12-3-4-12)15(11)10-2-5-13(16)14(17)8-10/h2,5,8,11-12,15,18H,3-4,6-7,9H2,1H3. The SMILES string of the molecule is CNCC1CCN(C2CC2)C1c1ccc(Cl)c(Cl)c1. The van der Waals surface area contributed by atoms with Crippen LogP contribution in [-0.2, 0) is 0 Å². The van der Waals surface area contributed by atoms with E-state index in [0.29, 0.717) is 22.0 Å². The third-order valence-corrected chi connectivity index (χ3v) is 5.07. The van der Waals surface area contributed by atoms with E-state index in [2.05, 4.69) is 22.3 Å². The van der Waals surface area contributed by atoms with Gasteiger partial charge in [0.25, 0.3) is 0 Å². The lowest BCUT2D eigenvalue weighted by molar-refractivity contribution is 0.217. The zero-order valence-electron chi connectivity index (χ0n) is 11.2. The first kappa shape index (κ1) is 13.7. The normalized spacial score (nSPS) is 27.9. The van der Waals surface area contributed by atoms with E-state index >= 15 is 0 Å². The number of hydrogen-bond acceptors (Lipinski definition) is 2. The fraction of sp³-hybridized carbons (Fsp3) is 0.600. The highest BCUT2D eigenvalue weighted by Gasteiger charge is 2.42. The van der Waals surface area contributed by atoms with Crippen LogP contribution in [0.4, 0.5) is 0 Å². The Balaban J connectivity index is 1.89. The van der Waals surface area contributed by atoms with Gasteiger partial charge in [-0.3, -0.25) is 4.90 Å². The molecule has 1 aliphatic heterocycles. The molecule has 0 amide bonds. The number of rotatable bonds is 4. The second-order valence-corrected chi connectivity index (χ2v) is 6.51. The van der Waals surface area contributed by atoms with E-state index in [-0.39, 0.29) is 0 Å². The predicted molar refractivity (Wildman–Crippen MR) is 81.0 cm³/mol. The van der Waals surface area contributed by atoms with E-state index in [4.69, 9.17) is 23.2 Å². The Morgan fingerprint density at radius 1 is 1.21 bits per heavy atom. The minimum absolute atomic E-state index is 0.495. The summed E-state index contributed by atoms with van der Waals surface area (Å²) in [6, 6.07) is 7.41. The molecule has 1 saturated heterocycles. The number of halogens is 2. The molecule has 2 fully saturated rings. The number of nitrogens with zero attached hydrogens (tertiary/aromatic N) is 1. The average molecular weight is 299 g/mol. The number of likely N-dealkylation sites (tertiary alicyclic amines) is 1. The summed E-state index contributed by atoms with van der Waals surface area (Å²) in [5, 5.41) is 4.65. The van der Waals surface area contributed by atoms with Crippen LogP contribution in [0.2, 0.25) is 10.0 Å². The van der Waals surface area contributed by atoms with Crippen molar-refractivity contribution < 1.29 is 0 Å². The zero-order valence-corrected chi connectivity index (χ0v) is 12.7. The average Bonchev–Trinajstić information content (AvgIpc) is 3.15. The first-order valence-electron chi connectivity index (χ1n) is 7.06. The molecule has 2 unspecified atom stereocenters. The highest BCUT2D eigenvalue weighted by atomic mass is 35.5. The summed E-state index contributed by atoms with van der Waals surface area (Å²) in [4.78, 5) is 2.67. The molecule has 1 heterocycles. The number of benzene rings is 1. The van der Waals surface area contributed by atoms with Crippen molar-refractivity contribution in [3.05, 3.63) is 33.8 Å². The summed E-state index contributed by atoms with van der Waals surface area (Å²) in [6.07, 6.45) is 3.97. The minimum Gasteiger partial charge on any atom is -0.319 e. The van der Waals surface area contributed by atoms with Gasteiger partial charge < -0.3 is 5.32 Å². The molecule has 4 heteroatoms. The fourth-order valence-corrected chi connectivity index (χ4v) is 3.64. The Morgan fingerprint density at radius 2 is 2.00 bits per heavy atom. The van der Waals surface area contributed by atoms with E-state index < -0.39 is 0 Å². The minimum atomic E-state index is 0.495. The van der Waals surface area contributed by atoms with Crippen LogP contribution in [0, 0.1) is 5.92 Å². The molecule has 2 aliphatic rings. The lowest BCUT2D eigenvalue weighted by Crippen LogP contribution is -2.30. The summed E-state index contributed by atoms with van der Waals surface area (Å²) in [6.45, 7) is 2.27. The van der Waals surface area contributed by atoms with Crippen molar-refractivity contribution in [1.29, 1.82) is 0 Å². The van der Waals surface area contributed by atoms with Crippen molar-refractivity contribution in [2.45, 2.75) is 31.3 Å². The molecule has 0 aromatic heterocycles. The molecule has 2 atom stereocenters. The lowest BCUT2D eigenvalue weighted by Gasteiger charge is -2.29. The molecule has 19 heavy (non-hydrogen) atoms. The van der Waals surface area contributed by atoms with Crippen molar-refractivity contribution in [2.75, 3.05) is 20.1 Å². The van der Waals surface area contributed by atoms with Crippen molar-refractivity contribution in [1.82, 2.24) is 10.2 Å². The van der Waals surface area contributed by atoms with E-state index in [1.807, 2.05) is 13.1 Å². The molecule has 0 radical (unpaired) electrons. The van der Waals surface area contributed by atoms with Crippen LogP contribution >= 0.6 is 23.2 Å². The molecule has 1 aromatic rings. The molecule has 0 bridgehead atoms. The van der Waals surface area contributed by atoms with Crippen LogP contribution in [0.15, 0.2) is 18.2 Å². The van der Waals surface area contributed by atoms with Gasteiger partial charge in [-0.05, 0) is 63.0 Å². The Hall–Kier alpha value is -0.280. The Kier molecular flexibility index (Phi) is 4.04. The van der Waals surface area contributed by atoms with Crippen LogP contribution in [0.5, 0.6) is 0 Å². The lowest BCUT2D eigenvalue weighted by atomic mass is 9.93. The van der Waals surface area contributed by atoms with Crippen molar-refractivity contribution >= 4 is 23.2 Å². The molecule has 2 nitrogen and oxygen atoms in total. The monoisotopic (exact) mass is 298 g/mol. The molecule has 1 saturated carbocycles. The molecule has 0 spiro atoms. The van der Waals surface area contributed by atoms with E-state index in [0.717, 1.165) is 12.6 Å². The van der Waals surface area contributed by atoms with Crippen molar-refractivity contribution in [2.24, 2.45) is 5.92 Å². The Morgan fingerprint density at radius 3 is 2.63 bits per heavy atom. The molecular weight excluding hydrogens is 279 g/mol. The maximum absolute atomic E-state index is 6.19. The summed E-state index contributed by atoms with van der Waals surface area (Å²) >= 11 is 12.2. The maximum Gasteiger partial charge on any atom is 0.0595 e. The van der Waals surface area contributed by atoms with E-state index in [9.17, 15) is 0 Å². The largest absolute Gasteiger partial charge is 0.319 e. The highest BCUT2D eigenvalue weighted by molar-refractivity contribution is 6.42. The van der Waals surface area contributed by atoms with Crippen molar-refractivity contribution in [3.63, 3.8) is 0 Å².